The predicted octanol–water partition coefficient (Wildman–Crippen LogP) is 13.4. The minimum absolute atomic E-state index is 0.0405. The van der Waals surface area contributed by atoms with Gasteiger partial charge in [-0.2, -0.15) is 0 Å². The fourth-order valence-corrected chi connectivity index (χ4v) is 9.02. The molecule has 0 bridgehead atoms. The zero-order valence-electron chi connectivity index (χ0n) is 31.8. The molecular formula is C54H40N4. The van der Waals surface area contributed by atoms with E-state index in [4.69, 9.17) is 0 Å². The van der Waals surface area contributed by atoms with Gasteiger partial charge in [0.2, 0.25) is 0 Å². The summed E-state index contributed by atoms with van der Waals surface area (Å²) in [7, 11) is 0. The zero-order valence-corrected chi connectivity index (χ0v) is 31.8. The number of para-hydroxylation sites is 5. The second-order valence-electron chi connectivity index (χ2n) is 15.0. The highest BCUT2D eigenvalue weighted by Crippen LogP contribution is 2.55. The highest BCUT2D eigenvalue weighted by molar-refractivity contribution is 6.13. The van der Waals surface area contributed by atoms with Crippen LogP contribution >= 0.6 is 0 Å². The first-order valence-electron chi connectivity index (χ1n) is 20.0. The summed E-state index contributed by atoms with van der Waals surface area (Å²) < 4.78 is 2.45. The number of rotatable bonds is 6. The van der Waals surface area contributed by atoms with Crippen LogP contribution in [0.2, 0.25) is 0 Å². The van der Waals surface area contributed by atoms with Crippen LogP contribution in [0.5, 0.6) is 0 Å². The van der Waals surface area contributed by atoms with E-state index in [0.29, 0.717) is 0 Å². The molecule has 0 fully saturated rings. The van der Waals surface area contributed by atoms with E-state index < -0.39 is 0 Å². The van der Waals surface area contributed by atoms with Gasteiger partial charge < -0.3 is 14.8 Å². The molecule has 0 radical (unpaired) electrons. The van der Waals surface area contributed by atoms with Gasteiger partial charge in [-0.15, -0.1) is 0 Å². The van der Waals surface area contributed by atoms with Crippen LogP contribution in [-0.2, 0) is 0 Å². The van der Waals surface area contributed by atoms with Crippen LogP contribution in [0.4, 0.5) is 17.1 Å². The highest BCUT2D eigenvalue weighted by atomic mass is 15.2. The molecule has 2 unspecified atom stereocenters. The third kappa shape index (κ3) is 5.73. The Morgan fingerprint density at radius 1 is 0.431 bits per heavy atom. The quantitative estimate of drug-likeness (QED) is 0.178. The number of nitrogens with one attached hydrogen (secondary N) is 2. The van der Waals surface area contributed by atoms with E-state index in [0.717, 1.165) is 39.6 Å². The maximum absolute atomic E-state index is 3.92. The molecule has 276 valence electrons. The molecule has 11 rings (SSSR count). The first-order chi connectivity index (χ1) is 28.8. The highest BCUT2D eigenvalue weighted by Gasteiger charge is 2.32. The van der Waals surface area contributed by atoms with Crippen LogP contribution in [0.1, 0.15) is 28.9 Å². The molecule has 4 nitrogen and oxygen atoms in total. The van der Waals surface area contributed by atoms with Crippen molar-refractivity contribution in [3.63, 3.8) is 0 Å². The van der Waals surface area contributed by atoms with Crippen LogP contribution < -0.4 is 15.5 Å². The molecule has 2 aliphatic rings. The van der Waals surface area contributed by atoms with Crippen molar-refractivity contribution < 1.29 is 0 Å². The van der Waals surface area contributed by atoms with Crippen LogP contribution in [0, 0.1) is 0 Å². The van der Waals surface area contributed by atoms with Gasteiger partial charge in [0.05, 0.1) is 34.3 Å². The molecule has 8 aromatic carbocycles. The van der Waals surface area contributed by atoms with Crippen LogP contribution in [0.15, 0.2) is 218 Å². The van der Waals surface area contributed by atoms with Gasteiger partial charge in [-0.05, 0) is 70.8 Å². The smallest absolute Gasteiger partial charge is 0.104 e. The summed E-state index contributed by atoms with van der Waals surface area (Å²) in [6, 6.07) is 76.7. The van der Waals surface area contributed by atoms with Crippen LogP contribution in [0.25, 0.3) is 55.8 Å². The first kappa shape index (κ1) is 33.9. The average molecular weight is 745 g/mol. The minimum atomic E-state index is -0.117. The molecule has 0 amide bonds. The van der Waals surface area contributed by atoms with Crippen LogP contribution in [0.3, 0.4) is 0 Å². The van der Waals surface area contributed by atoms with Crippen molar-refractivity contribution in [3.05, 3.63) is 235 Å². The second kappa shape index (κ2) is 14.3. The standard InChI is InChI=1S/C54H40N4/c1-4-19-37(20-5-1)46-36-47(38-21-6-2-7-22-38)56-54(55-46)40-24-18-23-39(35-40)42-27-10-14-31-48(42)58-50-33-16-12-29-44(50)52-43-28-11-15-32-49(43)57(41-25-8-3-9-26-41)53(52)45-30-13-17-34-51(45)58/h1-36,46,54-56H. The number of anilines is 3. The molecule has 4 heteroatoms. The summed E-state index contributed by atoms with van der Waals surface area (Å²) in [5.41, 5.74) is 17.6. The number of aromatic nitrogens is 1. The van der Waals surface area contributed by atoms with Gasteiger partial charge in [0.15, 0.2) is 0 Å². The Kier molecular flexibility index (Phi) is 8.34. The lowest BCUT2D eigenvalue weighted by Gasteiger charge is -2.33. The van der Waals surface area contributed by atoms with Crippen molar-refractivity contribution in [2.45, 2.75) is 12.2 Å². The Morgan fingerprint density at radius 3 is 1.74 bits per heavy atom. The molecule has 2 atom stereocenters. The summed E-state index contributed by atoms with van der Waals surface area (Å²) in [6.45, 7) is 0. The Labute approximate surface area is 339 Å². The Morgan fingerprint density at radius 2 is 0.983 bits per heavy atom. The lowest BCUT2D eigenvalue weighted by molar-refractivity contribution is 0.443. The van der Waals surface area contributed by atoms with Gasteiger partial charge >= 0.3 is 0 Å². The van der Waals surface area contributed by atoms with Crippen molar-refractivity contribution in [3.8, 4) is 39.2 Å². The third-order valence-electron chi connectivity index (χ3n) is 11.6. The SMILES string of the molecule is C1=C(c2ccccc2)NC(c2cccc(-c3ccccc3N3c4ccccc4-c4c(n(-c5ccccc5)c5ccccc45)-c4ccccc43)c2)NC1c1ccccc1. The molecule has 9 aromatic rings. The Balaban J connectivity index is 1.07. The Hall–Kier alpha value is -7.40. The minimum Gasteiger partial charge on any atom is -0.366 e. The van der Waals surface area contributed by atoms with Crippen molar-refractivity contribution in [1.29, 1.82) is 0 Å². The van der Waals surface area contributed by atoms with E-state index in [-0.39, 0.29) is 12.2 Å². The third-order valence-corrected chi connectivity index (χ3v) is 11.6. The molecule has 2 aliphatic heterocycles. The van der Waals surface area contributed by atoms with Crippen LogP contribution in [-0.4, -0.2) is 4.57 Å². The number of hydrogen-bond acceptors (Lipinski definition) is 3. The fraction of sp³-hybridized carbons (Fsp3) is 0.0370. The van der Waals surface area contributed by atoms with E-state index in [1.165, 1.54) is 50.0 Å². The fourth-order valence-electron chi connectivity index (χ4n) is 9.02. The number of hydrogen-bond donors (Lipinski definition) is 2. The monoisotopic (exact) mass is 744 g/mol. The molecule has 2 N–H and O–H groups in total. The molecule has 58 heavy (non-hydrogen) atoms. The molecule has 0 saturated heterocycles. The van der Waals surface area contributed by atoms with Gasteiger partial charge in [0.25, 0.3) is 0 Å². The van der Waals surface area contributed by atoms with E-state index in [1.807, 2.05) is 0 Å². The normalized spacial score (nSPS) is 15.7. The summed E-state index contributed by atoms with van der Waals surface area (Å²) in [5, 5.41) is 9.00. The number of benzene rings is 8. The summed E-state index contributed by atoms with van der Waals surface area (Å²) in [4.78, 5) is 2.48. The van der Waals surface area contributed by atoms with E-state index in [2.05, 4.69) is 238 Å². The number of nitrogens with zero attached hydrogens (tertiary/aromatic N) is 2. The number of fused-ring (bicyclic) bond motifs is 7. The summed E-state index contributed by atoms with van der Waals surface area (Å²) >= 11 is 0. The maximum Gasteiger partial charge on any atom is 0.104 e. The van der Waals surface area contributed by atoms with E-state index >= 15 is 0 Å². The van der Waals surface area contributed by atoms with Gasteiger partial charge in [0.1, 0.15) is 6.17 Å². The predicted molar refractivity (Wildman–Crippen MR) is 240 cm³/mol. The van der Waals surface area contributed by atoms with Crippen molar-refractivity contribution in [2.75, 3.05) is 4.90 Å². The molecule has 0 spiro atoms. The van der Waals surface area contributed by atoms with Gasteiger partial charge in [0, 0.05) is 39.0 Å². The summed E-state index contributed by atoms with van der Waals surface area (Å²) in [5.74, 6) is 0. The Bertz CT molecular complexity index is 2970. The molecule has 3 heterocycles. The van der Waals surface area contributed by atoms with Gasteiger partial charge in [-0.1, -0.05) is 170 Å². The first-order valence-corrected chi connectivity index (χ1v) is 20.0. The second-order valence-corrected chi connectivity index (χ2v) is 15.0. The lowest BCUT2D eigenvalue weighted by atomic mass is 9.96. The zero-order chi connectivity index (χ0) is 38.4. The maximum atomic E-state index is 3.92. The molecule has 0 aliphatic carbocycles. The van der Waals surface area contributed by atoms with E-state index in [9.17, 15) is 0 Å². The molecule has 1 aromatic heterocycles. The van der Waals surface area contributed by atoms with Gasteiger partial charge in [-0.25, -0.2) is 0 Å². The van der Waals surface area contributed by atoms with E-state index in [1.54, 1.807) is 0 Å². The molecule has 0 saturated carbocycles. The van der Waals surface area contributed by atoms with Crippen molar-refractivity contribution in [2.24, 2.45) is 0 Å². The van der Waals surface area contributed by atoms with Crippen molar-refractivity contribution >= 4 is 33.7 Å². The average Bonchev–Trinajstić information content (AvgIpc) is 3.59. The lowest BCUT2D eigenvalue weighted by Crippen LogP contribution is -2.39. The van der Waals surface area contributed by atoms with Crippen molar-refractivity contribution in [1.82, 2.24) is 15.2 Å². The summed E-state index contributed by atoms with van der Waals surface area (Å²) in [6.07, 6.45) is 2.19. The topological polar surface area (TPSA) is 32.2 Å². The molecular weight excluding hydrogens is 705 g/mol. The van der Waals surface area contributed by atoms with Gasteiger partial charge in [-0.3, -0.25) is 5.32 Å². The largest absolute Gasteiger partial charge is 0.366 e.